The van der Waals surface area contributed by atoms with Crippen molar-refractivity contribution in [3.05, 3.63) is 131 Å². The summed E-state index contributed by atoms with van der Waals surface area (Å²) in [6, 6.07) is 37.8. The first-order chi connectivity index (χ1) is 13.8. The number of rotatable bonds is 3. The van der Waals surface area contributed by atoms with Gasteiger partial charge in [-0.2, -0.15) is 0 Å². The fourth-order valence-corrected chi connectivity index (χ4v) is 4.79. The van der Waals surface area contributed by atoms with Crippen molar-refractivity contribution < 1.29 is 0 Å². The van der Waals surface area contributed by atoms with Crippen LogP contribution in [-0.4, -0.2) is 5.71 Å². The summed E-state index contributed by atoms with van der Waals surface area (Å²) in [6.07, 6.45) is 0. The Morgan fingerprint density at radius 2 is 0.929 bits per heavy atom. The zero-order valence-electron chi connectivity index (χ0n) is 15.2. The van der Waals surface area contributed by atoms with Crippen molar-refractivity contribution in [2.75, 3.05) is 0 Å². The molecule has 1 aliphatic rings. The molecule has 4 aromatic carbocycles. The molecule has 2 heteroatoms. The van der Waals surface area contributed by atoms with Crippen molar-refractivity contribution in [1.29, 1.82) is 0 Å². The summed E-state index contributed by atoms with van der Waals surface area (Å²) >= 11 is 4.05. The van der Waals surface area contributed by atoms with Crippen LogP contribution in [0.25, 0.3) is 11.1 Å². The number of benzene rings is 4. The predicted molar refractivity (Wildman–Crippen MR) is 120 cm³/mol. The molecule has 0 fully saturated rings. The van der Waals surface area contributed by atoms with E-state index in [0.717, 1.165) is 16.8 Å². The van der Waals surface area contributed by atoms with Crippen LogP contribution in [0.4, 0.5) is 0 Å². The van der Waals surface area contributed by atoms with E-state index >= 15 is 0 Å². The third-order valence-electron chi connectivity index (χ3n) is 5.22. The van der Waals surface area contributed by atoms with Crippen LogP contribution >= 0.6 is 15.9 Å². The molecule has 28 heavy (non-hydrogen) atoms. The third-order valence-corrected chi connectivity index (χ3v) is 6.25. The average molecular weight is 424 g/mol. The maximum absolute atomic E-state index is 5.36. The first-order valence-electron chi connectivity index (χ1n) is 9.36. The van der Waals surface area contributed by atoms with Gasteiger partial charge in [0, 0.05) is 22.3 Å². The van der Waals surface area contributed by atoms with Crippen molar-refractivity contribution >= 4 is 21.6 Å². The molecule has 4 aromatic rings. The number of fused-ring (bicyclic) bond motifs is 3. The van der Waals surface area contributed by atoms with Gasteiger partial charge >= 0.3 is 0 Å². The molecule has 0 unspecified atom stereocenters. The Bertz CT molecular complexity index is 1080. The van der Waals surface area contributed by atoms with Gasteiger partial charge in [0.25, 0.3) is 0 Å². The Hall–Kier alpha value is -2.97. The predicted octanol–water partition coefficient (Wildman–Crippen LogP) is 6.80. The molecule has 0 N–H and O–H groups in total. The molecule has 0 aromatic heterocycles. The van der Waals surface area contributed by atoms with E-state index in [0.29, 0.717) is 0 Å². The van der Waals surface area contributed by atoms with Crippen LogP contribution in [0, 0.1) is 0 Å². The largest absolute Gasteiger partial charge is 0.256 e. The SMILES string of the molecule is BrC1(N=C(c2ccccc2)c2ccccc2)c2ccccc2-c2ccccc21. The van der Waals surface area contributed by atoms with Gasteiger partial charge < -0.3 is 0 Å². The molecule has 0 saturated heterocycles. The molecule has 134 valence electrons. The van der Waals surface area contributed by atoms with E-state index in [9.17, 15) is 0 Å². The monoisotopic (exact) mass is 423 g/mol. The summed E-state index contributed by atoms with van der Waals surface area (Å²) in [5.74, 6) is 0. The van der Waals surface area contributed by atoms with E-state index in [1.807, 2.05) is 12.1 Å². The van der Waals surface area contributed by atoms with Crippen LogP contribution in [0.5, 0.6) is 0 Å². The maximum atomic E-state index is 5.36. The molecular weight excluding hydrogens is 406 g/mol. The topological polar surface area (TPSA) is 12.4 Å². The van der Waals surface area contributed by atoms with Crippen LogP contribution in [-0.2, 0) is 4.45 Å². The molecular formula is C26H18BrN. The van der Waals surface area contributed by atoms with Gasteiger partial charge in [0.2, 0.25) is 0 Å². The first kappa shape index (κ1) is 17.2. The highest BCUT2D eigenvalue weighted by molar-refractivity contribution is 9.09. The molecule has 0 heterocycles. The molecule has 1 aliphatic carbocycles. The van der Waals surface area contributed by atoms with Crippen molar-refractivity contribution in [3.8, 4) is 11.1 Å². The maximum Gasteiger partial charge on any atom is 0.167 e. The van der Waals surface area contributed by atoms with E-state index in [4.69, 9.17) is 4.99 Å². The number of nitrogens with zero attached hydrogens (tertiary/aromatic N) is 1. The smallest absolute Gasteiger partial charge is 0.167 e. The van der Waals surface area contributed by atoms with Gasteiger partial charge in [-0.15, -0.1) is 0 Å². The Morgan fingerprint density at radius 1 is 0.536 bits per heavy atom. The van der Waals surface area contributed by atoms with Crippen molar-refractivity contribution in [3.63, 3.8) is 0 Å². The van der Waals surface area contributed by atoms with E-state index < -0.39 is 4.45 Å². The highest BCUT2D eigenvalue weighted by Gasteiger charge is 2.41. The first-order valence-corrected chi connectivity index (χ1v) is 10.2. The number of halogens is 1. The molecule has 0 bridgehead atoms. The molecule has 0 saturated carbocycles. The zero-order chi connectivity index (χ0) is 19.0. The van der Waals surface area contributed by atoms with E-state index in [2.05, 4.69) is 113 Å². The van der Waals surface area contributed by atoms with E-state index in [1.165, 1.54) is 22.3 Å². The lowest BCUT2D eigenvalue weighted by molar-refractivity contribution is 0.840. The normalized spacial score (nSPS) is 13.5. The van der Waals surface area contributed by atoms with Crippen molar-refractivity contribution in [1.82, 2.24) is 0 Å². The van der Waals surface area contributed by atoms with E-state index in [1.54, 1.807) is 0 Å². The molecule has 0 aliphatic heterocycles. The fraction of sp³-hybridized carbons (Fsp3) is 0.0385. The third kappa shape index (κ3) is 2.73. The van der Waals surface area contributed by atoms with Crippen LogP contribution in [0.1, 0.15) is 22.3 Å². The number of hydrogen-bond donors (Lipinski definition) is 0. The minimum atomic E-state index is -0.610. The highest BCUT2D eigenvalue weighted by atomic mass is 79.9. The molecule has 5 rings (SSSR count). The number of hydrogen-bond acceptors (Lipinski definition) is 1. The second kappa shape index (κ2) is 6.88. The van der Waals surface area contributed by atoms with Gasteiger partial charge in [-0.3, -0.25) is 4.99 Å². The average Bonchev–Trinajstić information content (AvgIpc) is 3.03. The molecule has 0 atom stereocenters. The second-order valence-corrected chi connectivity index (χ2v) is 8.05. The van der Waals surface area contributed by atoms with Crippen LogP contribution in [0.15, 0.2) is 114 Å². The van der Waals surface area contributed by atoms with Crippen molar-refractivity contribution in [2.45, 2.75) is 4.45 Å². The second-order valence-electron chi connectivity index (χ2n) is 6.91. The summed E-state index contributed by atoms with van der Waals surface area (Å²) in [4.78, 5) is 5.36. The zero-order valence-corrected chi connectivity index (χ0v) is 16.8. The lowest BCUT2D eigenvalue weighted by Gasteiger charge is -2.23. The Morgan fingerprint density at radius 3 is 1.39 bits per heavy atom. The minimum Gasteiger partial charge on any atom is -0.256 e. The summed E-state index contributed by atoms with van der Waals surface area (Å²) in [5, 5.41) is 0. The van der Waals surface area contributed by atoms with Gasteiger partial charge in [0.05, 0.1) is 5.71 Å². The molecule has 0 spiro atoms. The minimum absolute atomic E-state index is 0.610. The Kier molecular flexibility index (Phi) is 4.22. The molecule has 1 nitrogen and oxygen atoms in total. The summed E-state index contributed by atoms with van der Waals surface area (Å²) in [6.45, 7) is 0. The highest BCUT2D eigenvalue weighted by Crippen LogP contribution is 2.53. The van der Waals surface area contributed by atoms with Crippen LogP contribution in [0.2, 0.25) is 0 Å². The molecule has 0 amide bonds. The summed E-state index contributed by atoms with van der Waals surface area (Å²) < 4.78 is -0.610. The fourth-order valence-electron chi connectivity index (χ4n) is 3.92. The van der Waals surface area contributed by atoms with Crippen LogP contribution in [0.3, 0.4) is 0 Å². The lowest BCUT2D eigenvalue weighted by atomic mass is 10.00. The molecule has 0 radical (unpaired) electrons. The Labute approximate surface area is 173 Å². The van der Waals surface area contributed by atoms with Crippen LogP contribution < -0.4 is 0 Å². The lowest BCUT2D eigenvalue weighted by Crippen LogP contribution is -2.18. The van der Waals surface area contributed by atoms with Gasteiger partial charge in [0.15, 0.2) is 4.45 Å². The van der Waals surface area contributed by atoms with Gasteiger partial charge in [-0.05, 0) is 27.1 Å². The number of aliphatic imine (C=N–C) groups is 1. The summed E-state index contributed by atoms with van der Waals surface area (Å²) in [5.41, 5.74) is 8.02. The van der Waals surface area contributed by atoms with Gasteiger partial charge in [-0.1, -0.05) is 109 Å². The standard InChI is InChI=1S/C26H18BrN/c27-26(23-17-9-7-15-21(23)22-16-8-10-18-24(22)26)28-25(19-11-3-1-4-12-19)20-13-5-2-6-14-20/h1-18H. The quantitative estimate of drug-likeness (QED) is 0.195. The van der Waals surface area contributed by atoms with E-state index in [-0.39, 0.29) is 0 Å². The van der Waals surface area contributed by atoms with Gasteiger partial charge in [-0.25, -0.2) is 0 Å². The number of alkyl halides is 1. The van der Waals surface area contributed by atoms with Crippen molar-refractivity contribution in [2.24, 2.45) is 4.99 Å². The Balaban J connectivity index is 1.80. The summed E-state index contributed by atoms with van der Waals surface area (Å²) in [7, 11) is 0. The van der Waals surface area contributed by atoms with Gasteiger partial charge in [0.1, 0.15) is 0 Å².